The van der Waals surface area contributed by atoms with E-state index in [9.17, 15) is 0 Å². The van der Waals surface area contributed by atoms with Gasteiger partial charge in [-0.3, -0.25) is 0 Å². The van der Waals surface area contributed by atoms with Crippen molar-refractivity contribution in [2.75, 3.05) is 19.0 Å². The molecule has 0 aliphatic heterocycles. The highest BCUT2D eigenvalue weighted by Gasteiger charge is 2.01. The van der Waals surface area contributed by atoms with Crippen LogP contribution in [0.2, 0.25) is 0 Å². The molecule has 0 aromatic heterocycles. The normalized spacial score (nSPS) is 13.9. The summed E-state index contributed by atoms with van der Waals surface area (Å²) in [4.78, 5) is 0. The third-order valence-electron chi connectivity index (χ3n) is 1.75. The molecule has 0 fully saturated rings. The third kappa shape index (κ3) is 6.65. The van der Waals surface area contributed by atoms with Crippen LogP contribution < -0.4 is 5.32 Å². The molecule has 72 valence electrons. The molecule has 0 radical (unpaired) electrons. The smallest absolute Gasteiger partial charge is 0.0445 e. The second kappa shape index (κ2) is 9.04. The molecule has 0 heterocycles. The van der Waals surface area contributed by atoms with Crippen LogP contribution in [0.5, 0.6) is 0 Å². The SMILES string of the molecule is CCC(CCO)NC/C=C/CCl. The molecule has 0 saturated carbocycles. The maximum Gasteiger partial charge on any atom is 0.0445 e. The van der Waals surface area contributed by atoms with Crippen molar-refractivity contribution in [3.63, 3.8) is 0 Å². The number of hydrogen-bond acceptors (Lipinski definition) is 2. The van der Waals surface area contributed by atoms with Crippen LogP contribution in [-0.2, 0) is 0 Å². The predicted molar refractivity (Wildman–Crippen MR) is 53.6 cm³/mol. The topological polar surface area (TPSA) is 32.3 Å². The Balaban J connectivity index is 3.37. The fourth-order valence-corrected chi connectivity index (χ4v) is 1.11. The standard InChI is InChI=1S/C9H18ClNO/c1-2-9(5-8-12)11-7-4-3-6-10/h3-4,9,11-12H,2,5-8H2,1H3/b4-3+. The molecule has 3 heteroatoms. The highest BCUT2D eigenvalue weighted by atomic mass is 35.5. The summed E-state index contributed by atoms with van der Waals surface area (Å²) in [7, 11) is 0. The summed E-state index contributed by atoms with van der Waals surface area (Å²) in [5, 5.41) is 12.0. The average molecular weight is 192 g/mol. The first-order valence-corrected chi connectivity index (χ1v) is 4.93. The highest BCUT2D eigenvalue weighted by Crippen LogP contribution is 1.95. The van der Waals surface area contributed by atoms with Crippen molar-refractivity contribution in [3.8, 4) is 0 Å². The quantitative estimate of drug-likeness (QED) is 0.473. The van der Waals surface area contributed by atoms with Gasteiger partial charge in [0, 0.05) is 25.1 Å². The molecule has 0 aromatic rings. The molecular weight excluding hydrogens is 174 g/mol. The van der Waals surface area contributed by atoms with Crippen molar-refractivity contribution < 1.29 is 5.11 Å². The van der Waals surface area contributed by atoms with E-state index in [4.69, 9.17) is 16.7 Å². The predicted octanol–water partition coefficient (Wildman–Crippen LogP) is 1.53. The lowest BCUT2D eigenvalue weighted by Gasteiger charge is -2.13. The van der Waals surface area contributed by atoms with Crippen molar-refractivity contribution in [1.82, 2.24) is 5.32 Å². The van der Waals surface area contributed by atoms with Gasteiger partial charge >= 0.3 is 0 Å². The first kappa shape index (κ1) is 11.9. The van der Waals surface area contributed by atoms with Gasteiger partial charge in [0.25, 0.3) is 0 Å². The highest BCUT2D eigenvalue weighted by molar-refractivity contribution is 6.18. The van der Waals surface area contributed by atoms with E-state index in [-0.39, 0.29) is 6.61 Å². The zero-order chi connectivity index (χ0) is 9.23. The van der Waals surface area contributed by atoms with Gasteiger partial charge in [0.15, 0.2) is 0 Å². The fraction of sp³-hybridized carbons (Fsp3) is 0.778. The molecule has 0 spiro atoms. The Morgan fingerprint density at radius 3 is 2.75 bits per heavy atom. The Morgan fingerprint density at radius 1 is 1.50 bits per heavy atom. The number of halogens is 1. The molecule has 0 aromatic carbocycles. The summed E-state index contributed by atoms with van der Waals surface area (Å²) >= 11 is 5.46. The van der Waals surface area contributed by atoms with Crippen LogP contribution in [0.3, 0.4) is 0 Å². The molecule has 2 N–H and O–H groups in total. The van der Waals surface area contributed by atoms with Crippen molar-refractivity contribution >= 4 is 11.6 Å². The van der Waals surface area contributed by atoms with E-state index in [0.29, 0.717) is 11.9 Å². The summed E-state index contributed by atoms with van der Waals surface area (Å²) in [6, 6.07) is 0.426. The molecule has 0 aliphatic carbocycles. The number of aliphatic hydroxyl groups excluding tert-OH is 1. The number of nitrogens with one attached hydrogen (secondary N) is 1. The van der Waals surface area contributed by atoms with Gasteiger partial charge in [-0.2, -0.15) is 0 Å². The van der Waals surface area contributed by atoms with Crippen LogP contribution in [0.4, 0.5) is 0 Å². The second-order valence-corrected chi connectivity index (χ2v) is 2.96. The molecule has 1 unspecified atom stereocenters. The molecular formula is C9H18ClNO. The van der Waals surface area contributed by atoms with E-state index < -0.39 is 0 Å². The van der Waals surface area contributed by atoms with Gasteiger partial charge in [-0.15, -0.1) is 11.6 Å². The van der Waals surface area contributed by atoms with Gasteiger partial charge in [-0.05, 0) is 12.8 Å². The lowest BCUT2D eigenvalue weighted by atomic mass is 10.1. The van der Waals surface area contributed by atoms with Crippen LogP contribution in [0, 0.1) is 0 Å². The summed E-state index contributed by atoms with van der Waals surface area (Å²) < 4.78 is 0. The molecule has 0 aliphatic rings. The van der Waals surface area contributed by atoms with Gasteiger partial charge in [0.2, 0.25) is 0 Å². The van der Waals surface area contributed by atoms with Crippen LogP contribution in [0.15, 0.2) is 12.2 Å². The molecule has 1 atom stereocenters. The van der Waals surface area contributed by atoms with E-state index >= 15 is 0 Å². The molecule has 0 amide bonds. The minimum Gasteiger partial charge on any atom is -0.396 e. The minimum atomic E-state index is 0.255. The molecule has 2 nitrogen and oxygen atoms in total. The third-order valence-corrected chi connectivity index (χ3v) is 1.93. The van der Waals surface area contributed by atoms with E-state index in [1.54, 1.807) is 0 Å². The fourth-order valence-electron chi connectivity index (χ4n) is 0.987. The van der Waals surface area contributed by atoms with Gasteiger partial charge in [0.1, 0.15) is 0 Å². The van der Waals surface area contributed by atoms with Gasteiger partial charge in [0.05, 0.1) is 0 Å². The maximum absolute atomic E-state index is 8.69. The minimum absolute atomic E-state index is 0.255. The number of rotatable bonds is 7. The number of allylic oxidation sites excluding steroid dienone is 1. The average Bonchev–Trinajstić information content (AvgIpc) is 2.10. The molecule has 0 saturated heterocycles. The zero-order valence-electron chi connectivity index (χ0n) is 7.59. The summed E-state index contributed by atoms with van der Waals surface area (Å²) in [6.07, 6.45) is 5.80. The summed E-state index contributed by atoms with van der Waals surface area (Å²) in [5.41, 5.74) is 0. The Labute approximate surface area is 79.6 Å². The second-order valence-electron chi connectivity index (χ2n) is 2.65. The Kier molecular flexibility index (Phi) is 9.00. The monoisotopic (exact) mass is 191 g/mol. The van der Waals surface area contributed by atoms with Crippen LogP contribution in [0.25, 0.3) is 0 Å². The Bertz CT molecular complexity index is 117. The molecule has 0 rings (SSSR count). The van der Waals surface area contributed by atoms with Crippen molar-refractivity contribution in [1.29, 1.82) is 0 Å². The van der Waals surface area contributed by atoms with Crippen LogP contribution >= 0.6 is 11.6 Å². The lowest BCUT2D eigenvalue weighted by Crippen LogP contribution is -2.29. The van der Waals surface area contributed by atoms with E-state index in [2.05, 4.69) is 12.2 Å². The maximum atomic E-state index is 8.69. The van der Waals surface area contributed by atoms with E-state index in [1.165, 1.54) is 0 Å². The first-order valence-electron chi connectivity index (χ1n) is 4.40. The number of hydrogen-bond donors (Lipinski definition) is 2. The van der Waals surface area contributed by atoms with Crippen LogP contribution in [0.1, 0.15) is 19.8 Å². The van der Waals surface area contributed by atoms with Crippen molar-refractivity contribution in [2.45, 2.75) is 25.8 Å². The molecule has 12 heavy (non-hydrogen) atoms. The van der Waals surface area contributed by atoms with Crippen LogP contribution in [-0.4, -0.2) is 30.2 Å². The van der Waals surface area contributed by atoms with E-state index in [0.717, 1.165) is 19.4 Å². The Morgan fingerprint density at radius 2 is 2.25 bits per heavy atom. The number of aliphatic hydroxyl groups is 1. The van der Waals surface area contributed by atoms with Gasteiger partial charge in [-0.1, -0.05) is 19.1 Å². The van der Waals surface area contributed by atoms with Gasteiger partial charge < -0.3 is 10.4 Å². The summed E-state index contributed by atoms with van der Waals surface area (Å²) in [5.74, 6) is 0.568. The van der Waals surface area contributed by atoms with Crippen molar-refractivity contribution in [3.05, 3.63) is 12.2 Å². The Hall–Kier alpha value is -0.0500. The van der Waals surface area contributed by atoms with Gasteiger partial charge in [-0.25, -0.2) is 0 Å². The first-order chi connectivity index (χ1) is 5.85. The van der Waals surface area contributed by atoms with E-state index in [1.807, 2.05) is 12.2 Å². The summed E-state index contributed by atoms with van der Waals surface area (Å²) in [6.45, 7) is 3.20. The zero-order valence-corrected chi connectivity index (χ0v) is 8.35. The largest absolute Gasteiger partial charge is 0.396 e. The molecule has 0 bridgehead atoms. The van der Waals surface area contributed by atoms with Crippen molar-refractivity contribution in [2.24, 2.45) is 0 Å². The lowest BCUT2D eigenvalue weighted by molar-refractivity contribution is 0.264. The number of alkyl halides is 1.